The molecule has 3 heterocycles. The molecule has 1 aromatic rings. The van der Waals surface area contributed by atoms with Crippen molar-refractivity contribution in [3.05, 3.63) is 23.8 Å². The predicted molar refractivity (Wildman–Crippen MR) is 127 cm³/mol. The number of methoxy groups -OCH3 is 1. The number of carbonyl (C=O) groups excluding carboxylic acids is 2. The lowest BCUT2D eigenvalue weighted by Crippen LogP contribution is -2.57. The molecular weight excluding hydrogens is 436 g/mol. The van der Waals surface area contributed by atoms with E-state index >= 15 is 0 Å². The summed E-state index contributed by atoms with van der Waals surface area (Å²) in [7, 11) is 1.65. The molecule has 0 aromatic heterocycles. The van der Waals surface area contributed by atoms with Gasteiger partial charge in [-0.2, -0.15) is 0 Å². The van der Waals surface area contributed by atoms with E-state index in [-0.39, 0.29) is 30.0 Å². The maximum atomic E-state index is 13.1. The molecule has 0 saturated carbocycles. The van der Waals surface area contributed by atoms with Crippen molar-refractivity contribution in [1.29, 1.82) is 0 Å². The molecular formula is C26H38N2O6. The number of alkyl carbamates (subject to hydrolysis) is 1. The zero-order valence-electron chi connectivity index (χ0n) is 21.3. The number of benzene rings is 1. The molecule has 2 fully saturated rings. The van der Waals surface area contributed by atoms with Crippen molar-refractivity contribution >= 4 is 12.0 Å². The third-order valence-corrected chi connectivity index (χ3v) is 7.12. The van der Waals surface area contributed by atoms with Crippen LogP contribution >= 0.6 is 0 Å². The zero-order chi connectivity index (χ0) is 24.8. The molecule has 5 atom stereocenters. The van der Waals surface area contributed by atoms with Crippen molar-refractivity contribution in [3.63, 3.8) is 0 Å². The molecule has 8 nitrogen and oxygen atoms in total. The molecule has 3 aliphatic rings. The highest BCUT2D eigenvalue weighted by Gasteiger charge is 2.51. The van der Waals surface area contributed by atoms with Crippen LogP contribution in [0.25, 0.3) is 0 Å². The molecule has 4 rings (SSSR count). The number of nitrogens with zero attached hydrogens (tertiary/aromatic N) is 1. The maximum Gasteiger partial charge on any atom is 0.408 e. The molecule has 0 radical (unpaired) electrons. The molecule has 2 amide bonds. The van der Waals surface area contributed by atoms with Gasteiger partial charge in [-0.05, 0) is 66.5 Å². The van der Waals surface area contributed by atoms with E-state index in [9.17, 15) is 9.59 Å². The van der Waals surface area contributed by atoms with E-state index < -0.39 is 23.3 Å². The molecule has 188 valence electrons. The summed E-state index contributed by atoms with van der Waals surface area (Å²) in [6, 6.07) is 5.28. The molecule has 0 aliphatic carbocycles. The summed E-state index contributed by atoms with van der Waals surface area (Å²) in [5.74, 6) is 1.88. The normalized spacial score (nSPS) is 28.4. The molecule has 0 unspecified atom stereocenters. The van der Waals surface area contributed by atoms with E-state index in [1.807, 2.05) is 23.1 Å². The first-order chi connectivity index (χ1) is 15.9. The quantitative estimate of drug-likeness (QED) is 0.711. The summed E-state index contributed by atoms with van der Waals surface area (Å²) < 4.78 is 23.8. The average Bonchev–Trinajstić information content (AvgIpc) is 2.75. The Labute approximate surface area is 202 Å². The van der Waals surface area contributed by atoms with Gasteiger partial charge < -0.3 is 29.2 Å². The van der Waals surface area contributed by atoms with Gasteiger partial charge in [0.25, 0.3) is 0 Å². The predicted octanol–water partition coefficient (Wildman–Crippen LogP) is 4.07. The van der Waals surface area contributed by atoms with Crippen LogP contribution in [0, 0.1) is 11.8 Å². The first-order valence-electron chi connectivity index (χ1n) is 12.2. The van der Waals surface area contributed by atoms with E-state index in [2.05, 4.69) is 19.2 Å². The summed E-state index contributed by atoms with van der Waals surface area (Å²) >= 11 is 0. The topological polar surface area (TPSA) is 86.3 Å². The minimum absolute atomic E-state index is 0.0408. The van der Waals surface area contributed by atoms with E-state index in [1.165, 1.54) is 0 Å². The summed E-state index contributed by atoms with van der Waals surface area (Å²) in [4.78, 5) is 27.0. The lowest BCUT2D eigenvalue weighted by atomic mass is 9.70. The third kappa shape index (κ3) is 4.97. The molecule has 2 saturated heterocycles. The van der Waals surface area contributed by atoms with Crippen LogP contribution < -0.4 is 14.8 Å². The minimum atomic E-state index is -0.653. The Balaban J connectivity index is 1.44. The van der Waals surface area contributed by atoms with Gasteiger partial charge in [0.05, 0.1) is 19.3 Å². The van der Waals surface area contributed by atoms with Gasteiger partial charge in [0, 0.05) is 36.6 Å². The zero-order valence-corrected chi connectivity index (χ0v) is 21.3. The van der Waals surface area contributed by atoms with Crippen LogP contribution in [0.1, 0.15) is 66.1 Å². The Morgan fingerprint density at radius 2 is 2.00 bits per heavy atom. The van der Waals surface area contributed by atoms with E-state index in [4.69, 9.17) is 18.9 Å². The number of amides is 2. The second-order valence-electron chi connectivity index (χ2n) is 11.2. The van der Waals surface area contributed by atoms with Crippen molar-refractivity contribution in [2.45, 2.75) is 83.8 Å². The summed E-state index contributed by atoms with van der Waals surface area (Å²) in [6.45, 7) is 12.5. The van der Waals surface area contributed by atoms with Crippen LogP contribution in [0.15, 0.2) is 18.2 Å². The fraction of sp³-hybridized carbons (Fsp3) is 0.692. The second-order valence-corrected chi connectivity index (χ2v) is 11.2. The highest BCUT2D eigenvalue weighted by atomic mass is 16.6. The van der Waals surface area contributed by atoms with Crippen LogP contribution in [0.4, 0.5) is 4.79 Å². The molecule has 0 spiro atoms. The minimum Gasteiger partial charge on any atom is -0.497 e. The highest BCUT2D eigenvalue weighted by Crippen LogP contribution is 2.53. The van der Waals surface area contributed by atoms with Gasteiger partial charge in [-0.25, -0.2) is 4.79 Å². The van der Waals surface area contributed by atoms with E-state index in [0.29, 0.717) is 13.1 Å². The lowest BCUT2D eigenvalue weighted by Gasteiger charge is -2.53. The van der Waals surface area contributed by atoms with Crippen molar-refractivity contribution in [2.24, 2.45) is 11.8 Å². The Kier molecular flexibility index (Phi) is 6.48. The SMILES string of the molecule is COc1ccc2c(c1)OC(C)(C)[C@@H]1C[C@H]3CN(C(=O)[C@H](C)NC(=O)OC(C)(C)C)CC[C@H]3O[C@@H]21. The number of rotatable bonds is 3. The summed E-state index contributed by atoms with van der Waals surface area (Å²) in [6.07, 6.45) is 1.14. The van der Waals surface area contributed by atoms with E-state index in [1.54, 1.807) is 34.8 Å². The first-order valence-corrected chi connectivity index (χ1v) is 12.2. The summed E-state index contributed by atoms with van der Waals surface area (Å²) in [5, 5.41) is 2.67. The van der Waals surface area contributed by atoms with Crippen LogP contribution in [0.5, 0.6) is 11.5 Å². The molecule has 8 heteroatoms. The Hall–Kier alpha value is -2.48. The lowest BCUT2D eigenvalue weighted by molar-refractivity contribution is -0.189. The standard InChI is InChI=1S/C26H38N2O6/c1-15(27-24(30)34-25(2,3)4)23(29)28-11-10-20-16(14-28)12-19-22(32-20)18-9-8-17(31-7)13-21(18)33-26(19,5)6/h8-9,13,15-16,19-20,22H,10-12,14H2,1-7H3,(H,27,30)/t15-,16-,19+,20+,22-/m0/s1. The molecule has 3 aliphatic heterocycles. The van der Waals surface area contributed by atoms with Crippen LogP contribution in [-0.2, 0) is 14.3 Å². The van der Waals surface area contributed by atoms with Crippen molar-refractivity contribution in [3.8, 4) is 11.5 Å². The number of nitrogens with one attached hydrogen (secondary N) is 1. The van der Waals surface area contributed by atoms with Gasteiger partial charge in [0.1, 0.15) is 28.7 Å². The van der Waals surface area contributed by atoms with E-state index in [0.717, 1.165) is 29.9 Å². The number of carbonyl (C=O) groups is 2. The second kappa shape index (κ2) is 8.95. The molecule has 1 N–H and O–H groups in total. The van der Waals surface area contributed by atoms with Gasteiger partial charge in [0.2, 0.25) is 5.91 Å². The maximum absolute atomic E-state index is 13.1. The van der Waals surface area contributed by atoms with Gasteiger partial charge in [-0.1, -0.05) is 0 Å². The highest BCUT2D eigenvalue weighted by molar-refractivity contribution is 5.85. The number of fused-ring (bicyclic) bond motifs is 4. The summed E-state index contributed by atoms with van der Waals surface area (Å²) in [5.41, 5.74) is 0.0457. The molecule has 34 heavy (non-hydrogen) atoms. The van der Waals surface area contributed by atoms with Gasteiger partial charge in [-0.15, -0.1) is 0 Å². The number of hydrogen-bond donors (Lipinski definition) is 1. The number of ether oxygens (including phenoxy) is 4. The Morgan fingerprint density at radius 1 is 1.26 bits per heavy atom. The van der Waals surface area contributed by atoms with Crippen molar-refractivity contribution < 1.29 is 28.5 Å². The first kappa shape index (κ1) is 24.6. The van der Waals surface area contributed by atoms with Crippen molar-refractivity contribution in [1.82, 2.24) is 10.2 Å². The van der Waals surface area contributed by atoms with Crippen LogP contribution in [-0.4, -0.2) is 60.4 Å². The largest absolute Gasteiger partial charge is 0.497 e. The average molecular weight is 475 g/mol. The fourth-order valence-corrected chi connectivity index (χ4v) is 5.43. The Bertz CT molecular complexity index is 940. The third-order valence-electron chi connectivity index (χ3n) is 7.12. The van der Waals surface area contributed by atoms with Gasteiger partial charge in [0.15, 0.2) is 0 Å². The van der Waals surface area contributed by atoms with Gasteiger partial charge >= 0.3 is 6.09 Å². The molecule has 0 bridgehead atoms. The number of hydrogen-bond acceptors (Lipinski definition) is 6. The monoisotopic (exact) mass is 474 g/mol. The smallest absolute Gasteiger partial charge is 0.408 e. The fourth-order valence-electron chi connectivity index (χ4n) is 5.43. The van der Waals surface area contributed by atoms with Crippen LogP contribution in [0.3, 0.4) is 0 Å². The molecule has 1 aromatic carbocycles. The van der Waals surface area contributed by atoms with Crippen molar-refractivity contribution in [2.75, 3.05) is 20.2 Å². The number of likely N-dealkylation sites (tertiary alicyclic amines) is 1. The Morgan fingerprint density at radius 3 is 2.68 bits per heavy atom. The van der Waals surface area contributed by atoms with Gasteiger partial charge in [-0.3, -0.25) is 4.79 Å². The van der Waals surface area contributed by atoms with Crippen LogP contribution in [0.2, 0.25) is 0 Å². The number of piperidine rings is 1.